The molecule has 3 N–H and O–H groups in total. The Balaban J connectivity index is 2.30. The molecule has 1 rings (SSSR count). The minimum Gasteiger partial charge on any atom is -0.484 e. The van der Waals surface area contributed by atoms with Gasteiger partial charge in [0.05, 0.1) is 0 Å². The summed E-state index contributed by atoms with van der Waals surface area (Å²) in [6.07, 6.45) is 2.04. The van der Waals surface area contributed by atoms with Crippen LogP contribution < -0.4 is 15.8 Å². The molecule has 0 aliphatic heterocycles. The zero-order chi connectivity index (χ0) is 12.7. The summed E-state index contributed by atoms with van der Waals surface area (Å²) >= 11 is 0. The van der Waals surface area contributed by atoms with Crippen molar-refractivity contribution in [1.82, 2.24) is 5.32 Å². The topological polar surface area (TPSA) is 64.3 Å². The van der Waals surface area contributed by atoms with Gasteiger partial charge in [0.2, 0.25) is 0 Å². The van der Waals surface area contributed by atoms with Crippen LogP contribution in [0.1, 0.15) is 26.7 Å². The summed E-state index contributed by atoms with van der Waals surface area (Å²) in [5.41, 5.74) is 6.23. The number of ether oxygens (including phenoxy) is 1. The first-order valence-corrected chi connectivity index (χ1v) is 5.89. The molecule has 0 aromatic heterocycles. The van der Waals surface area contributed by atoms with Crippen LogP contribution in [0.2, 0.25) is 0 Å². The summed E-state index contributed by atoms with van der Waals surface area (Å²) in [6, 6.07) is 7.18. The quantitative estimate of drug-likeness (QED) is 0.742. The van der Waals surface area contributed by atoms with Gasteiger partial charge in [0.15, 0.2) is 6.61 Å². The first kappa shape index (κ1) is 13.4. The lowest BCUT2D eigenvalue weighted by Gasteiger charge is -2.13. The molecule has 0 bridgehead atoms. The van der Waals surface area contributed by atoms with Crippen LogP contribution in [0.25, 0.3) is 0 Å². The Bertz CT molecular complexity index is 349. The number of rotatable bonds is 6. The molecule has 1 amide bonds. The van der Waals surface area contributed by atoms with Crippen molar-refractivity contribution in [2.24, 2.45) is 0 Å². The Labute approximate surface area is 102 Å². The van der Waals surface area contributed by atoms with Crippen LogP contribution in [0.15, 0.2) is 24.3 Å². The zero-order valence-corrected chi connectivity index (χ0v) is 10.4. The number of carbonyl (C=O) groups excluding carboxylic acids is 1. The van der Waals surface area contributed by atoms with Gasteiger partial charge in [-0.1, -0.05) is 13.3 Å². The molecule has 0 spiro atoms. The highest BCUT2D eigenvalue weighted by Gasteiger charge is 2.06. The van der Waals surface area contributed by atoms with Gasteiger partial charge in [0.25, 0.3) is 5.91 Å². The van der Waals surface area contributed by atoms with E-state index in [0.717, 1.165) is 12.8 Å². The van der Waals surface area contributed by atoms with Crippen molar-refractivity contribution >= 4 is 11.6 Å². The molecule has 0 saturated heterocycles. The molecule has 1 aromatic carbocycles. The molecule has 17 heavy (non-hydrogen) atoms. The number of anilines is 1. The van der Waals surface area contributed by atoms with E-state index in [-0.39, 0.29) is 18.6 Å². The highest BCUT2D eigenvalue weighted by molar-refractivity contribution is 5.77. The van der Waals surface area contributed by atoms with Gasteiger partial charge in [-0.15, -0.1) is 0 Å². The average molecular weight is 236 g/mol. The van der Waals surface area contributed by atoms with E-state index in [2.05, 4.69) is 12.2 Å². The zero-order valence-electron chi connectivity index (χ0n) is 10.4. The molecular formula is C13H20N2O2. The van der Waals surface area contributed by atoms with Gasteiger partial charge < -0.3 is 15.8 Å². The first-order chi connectivity index (χ1) is 8.11. The lowest BCUT2D eigenvalue weighted by Crippen LogP contribution is -2.35. The second-order valence-corrected chi connectivity index (χ2v) is 4.11. The van der Waals surface area contributed by atoms with Crippen molar-refractivity contribution in [2.45, 2.75) is 32.7 Å². The number of nitrogens with two attached hydrogens (primary N) is 1. The number of nitrogen functional groups attached to an aromatic ring is 1. The number of hydrogen-bond acceptors (Lipinski definition) is 3. The van der Waals surface area contributed by atoms with Crippen molar-refractivity contribution in [3.63, 3.8) is 0 Å². The molecule has 4 heteroatoms. The van der Waals surface area contributed by atoms with Crippen molar-refractivity contribution in [3.05, 3.63) is 24.3 Å². The fraction of sp³-hybridized carbons (Fsp3) is 0.462. The van der Waals surface area contributed by atoms with Gasteiger partial charge in [-0.05, 0) is 37.6 Å². The largest absolute Gasteiger partial charge is 0.484 e. The third-order valence-corrected chi connectivity index (χ3v) is 2.38. The van der Waals surface area contributed by atoms with Gasteiger partial charge in [-0.2, -0.15) is 0 Å². The third kappa shape index (κ3) is 5.24. The average Bonchev–Trinajstić information content (AvgIpc) is 2.28. The van der Waals surface area contributed by atoms with E-state index in [1.807, 2.05) is 6.92 Å². The fourth-order valence-corrected chi connectivity index (χ4v) is 1.53. The molecule has 0 aliphatic carbocycles. The fourth-order valence-electron chi connectivity index (χ4n) is 1.53. The molecule has 0 aliphatic rings. The number of amides is 1. The Morgan fingerprint density at radius 3 is 2.65 bits per heavy atom. The Morgan fingerprint density at radius 1 is 1.41 bits per heavy atom. The smallest absolute Gasteiger partial charge is 0.258 e. The van der Waals surface area contributed by atoms with Crippen LogP contribution >= 0.6 is 0 Å². The number of carbonyl (C=O) groups is 1. The molecule has 0 saturated carbocycles. The minimum absolute atomic E-state index is 0.0397. The van der Waals surface area contributed by atoms with Crippen LogP contribution in [0, 0.1) is 0 Å². The summed E-state index contributed by atoms with van der Waals surface area (Å²) in [6.45, 7) is 4.12. The predicted molar refractivity (Wildman–Crippen MR) is 68.9 cm³/mol. The molecule has 1 atom stereocenters. The van der Waals surface area contributed by atoms with Crippen LogP contribution in [0.4, 0.5) is 5.69 Å². The number of hydrogen-bond donors (Lipinski definition) is 2. The predicted octanol–water partition coefficient (Wildman–Crippen LogP) is 1.95. The van der Waals surface area contributed by atoms with Gasteiger partial charge in [-0.25, -0.2) is 0 Å². The van der Waals surface area contributed by atoms with Crippen molar-refractivity contribution in [1.29, 1.82) is 0 Å². The molecule has 0 radical (unpaired) electrons. The van der Waals surface area contributed by atoms with E-state index < -0.39 is 0 Å². The molecular weight excluding hydrogens is 216 g/mol. The second-order valence-electron chi connectivity index (χ2n) is 4.11. The van der Waals surface area contributed by atoms with Gasteiger partial charge >= 0.3 is 0 Å². The van der Waals surface area contributed by atoms with Gasteiger partial charge in [0.1, 0.15) is 5.75 Å². The third-order valence-electron chi connectivity index (χ3n) is 2.38. The van der Waals surface area contributed by atoms with E-state index in [1.54, 1.807) is 24.3 Å². The Morgan fingerprint density at radius 2 is 2.06 bits per heavy atom. The maximum absolute atomic E-state index is 11.5. The molecule has 0 heterocycles. The Hall–Kier alpha value is -1.71. The standard InChI is InChI=1S/C13H20N2O2/c1-3-4-10(2)15-13(16)9-17-12-7-5-11(14)6-8-12/h5-8,10H,3-4,9,14H2,1-2H3,(H,15,16). The normalized spacial score (nSPS) is 11.9. The maximum atomic E-state index is 11.5. The summed E-state index contributed by atoms with van der Waals surface area (Å²) in [5, 5.41) is 2.87. The molecule has 1 unspecified atom stereocenters. The first-order valence-electron chi connectivity index (χ1n) is 5.89. The van der Waals surface area contributed by atoms with Crippen LogP contribution in [0.5, 0.6) is 5.75 Å². The van der Waals surface area contributed by atoms with E-state index in [9.17, 15) is 4.79 Å². The van der Waals surface area contributed by atoms with E-state index in [0.29, 0.717) is 11.4 Å². The lowest BCUT2D eigenvalue weighted by molar-refractivity contribution is -0.123. The monoisotopic (exact) mass is 236 g/mol. The molecule has 0 fully saturated rings. The van der Waals surface area contributed by atoms with E-state index in [4.69, 9.17) is 10.5 Å². The summed E-state index contributed by atoms with van der Waals surface area (Å²) in [5.74, 6) is 0.556. The van der Waals surface area contributed by atoms with E-state index >= 15 is 0 Å². The van der Waals surface area contributed by atoms with Crippen molar-refractivity contribution in [2.75, 3.05) is 12.3 Å². The van der Waals surface area contributed by atoms with E-state index in [1.165, 1.54) is 0 Å². The minimum atomic E-state index is -0.0947. The highest BCUT2D eigenvalue weighted by atomic mass is 16.5. The summed E-state index contributed by atoms with van der Waals surface area (Å²) < 4.78 is 5.33. The van der Waals surface area contributed by atoms with Crippen LogP contribution in [0.3, 0.4) is 0 Å². The molecule has 1 aromatic rings. The SMILES string of the molecule is CCCC(C)NC(=O)COc1ccc(N)cc1. The van der Waals surface area contributed by atoms with Gasteiger partial charge in [0, 0.05) is 11.7 Å². The van der Waals surface area contributed by atoms with Crippen LogP contribution in [-0.2, 0) is 4.79 Å². The van der Waals surface area contributed by atoms with Crippen molar-refractivity contribution < 1.29 is 9.53 Å². The molecule has 94 valence electrons. The van der Waals surface area contributed by atoms with Crippen molar-refractivity contribution in [3.8, 4) is 5.75 Å². The number of benzene rings is 1. The second kappa shape index (κ2) is 6.78. The summed E-state index contributed by atoms with van der Waals surface area (Å²) in [7, 11) is 0. The van der Waals surface area contributed by atoms with Crippen LogP contribution in [-0.4, -0.2) is 18.6 Å². The summed E-state index contributed by atoms with van der Waals surface area (Å²) in [4.78, 5) is 11.5. The Kier molecular flexibility index (Phi) is 5.33. The highest BCUT2D eigenvalue weighted by Crippen LogP contribution is 2.12. The molecule has 4 nitrogen and oxygen atoms in total. The maximum Gasteiger partial charge on any atom is 0.258 e. The lowest BCUT2D eigenvalue weighted by atomic mass is 10.2. The number of nitrogens with one attached hydrogen (secondary N) is 1. The van der Waals surface area contributed by atoms with Gasteiger partial charge in [-0.3, -0.25) is 4.79 Å².